The molecule has 9 rings (SSSR count). The van der Waals surface area contributed by atoms with E-state index < -0.39 is 0 Å². The molecule has 0 spiro atoms. The smallest absolute Gasteiger partial charge is 0.137 e. The highest BCUT2D eigenvalue weighted by Crippen LogP contribution is 2.44. The molecular weight excluding hydrogens is 721 g/mol. The van der Waals surface area contributed by atoms with Gasteiger partial charge >= 0.3 is 0 Å². The number of para-hydroxylation sites is 3. The summed E-state index contributed by atoms with van der Waals surface area (Å²) in [6.45, 7) is 13.6. The molecule has 0 fully saturated rings. The van der Waals surface area contributed by atoms with E-state index in [0.29, 0.717) is 11.3 Å². The Hall–Kier alpha value is -6.98. The van der Waals surface area contributed by atoms with Crippen molar-refractivity contribution in [2.45, 2.75) is 52.4 Å². The fourth-order valence-electron chi connectivity index (χ4n) is 8.06. The SMILES string of the molecule is CC(C)(C)c1cc(-c2cc(-c3cccc(N(c4ccccn4)c4cccc5c4c4ccccc4n5-c4ccccc4)c3)nc(-c3ccccc3O)c2)cc(C(C)(C)C)c1. The topological polar surface area (TPSA) is 54.2 Å². The zero-order valence-electron chi connectivity index (χ0n) is 34.5. The molecule has 0 aliphatic carbocycles. The van der Waals surface area contributed by atoms with Crippen LogP contribution in [0.1, 0.15) is 52.7 Å². The van der Waals surface area contributed by atoms with Gasteiger partial charge in [0.2, 0.25) is 0 Å². The number of benzene rings is 6. The van der Waals surface area contributed by atoms with Crippen LogP contribution in [-0.2, 0) is 10.8 Å². The lowest BCUT2D eigenvalue weighted by atomic mass is 9.79. The Morgan fingerprint density at radius 2 is 1.17 bits per heavy atom. The van der Waals surface area contributed by atoms with E-state index in [0.717, 1.165) is 67.1 Å². The highest BCUT2D eigenvalue weighted by Gasteiger charge is 2.24. The Balaban J connectivity index is 1.27. The molecule has 0 amide bonds. The standard InChI is InChI=1S/C54H48N4O/c1-53(2,3)39-30-37(31-40(35-39)54(4,5)6)38-33-45(56-46(34-38)43-22-11-13-27-50(43)59)36-18-16-21-42(32-36)58(51-28-14-15-29-55-51)49-26-17-25-48-52(49)44-23-10-12-24-47(44)57(48)41-19-8-7-9-20-41/h7-35,59H,1-6H3. The molecule has 3 aromatic heterocycles. The minimum Gasteiger partial charge on any atom is -0.507 e. The first-order chi connectivity index (χ1) is 28.4. The van der Waals surface area contributed by atoms with E-state index in [4.69, 9.17) is 9.97 Å². The third-order valence-corrected chi connectivity index (χ3v) is 11.2. The molecule has 5 nitrogen and oxygen atoms in total. The van der Waals surface area contributed by atoms with Crippen molar-refractivity contribution in [2.75, 3.05) is 4.90 Å². The van der Waals surface area contributed by atoms with Gasteiger partial charge in [-0.15, -0.1) is 0 Å². The lowest BCUT2D eigenvalue weighted by Crippen LogP contribution is -2.16. The zero-order valence-corrected chi connectivity index (χ0v) is 34.5. The fourth-order valence-corrected chi connectivity index (χ4v) is 8.06. The van der Waals surface area contributed by atoms with Crippen LogP contribution >= 0.6 is 0 Å². The number of hydrogen-bond donors (Lipinski definition) is 1. The van der Waals surface area contributed by atoms with Gasteiger partial charge in [-0.1, -0.05) is 133 Å². The van der Waals surface area contributed by atoms with E-state index in [1.54, 1.807) is 6.07 Å². The number of rotatable bonds is 7. The van der Waals surface area contributed by atoms with Crippen molar-refractivity contribution < 1.29 is 5.11 Å². The van der Waals surface area contributed by atoms with Crippen molar-refractivity contribution >= 4 is 39.0 Å². The molecular formula is C54H48N4O. The molecule has 0 saturated heterocycles. The van der Waals surface area contributed by atoms with Crippen LogP contribution in [0.15, 0.2) is 176 Å². The van der Waals surface area contributed by atoms with Crippen molar-refractivity contribution in [2.24, 2.45) is 0 Å². The molecule has 0 aliphatic heterocycles. The number of phenols is 1. The number of fused-ring (bicyclic) bond motifs is 3. The summed E-state index contributed by atoms with van der Waals surface area (Å²) in [4.78, 5) is 12.5. The number of hydrogen-bond acceptors (Lipinski definition) is 4. The summed E-state index contributed by atoms with van der Waals surface area (Å²) in [7, 11) is 0. The minimum absolute atomic E-state index is 0.0497. The molecule has 290 valence electrons. The van der Waals surface area contributed by atoms with Crippen LogP contribution in [0.3, 0.4) is 0 Å². The normalized spacial score (nSPS) is 12.0. The Bertz CT molecular complexity index is 2940. The Morgan fingerprint density at radius 1 is 0.525 bits per heavy atom. The minimum atomic E-state index is -0.0497. The Kier molecular flexibility index (Phi) is 9.40. The summed E-state index contributed by atoms with van der Waals surface area (Å²) in [5, 5.41) is 13.4. The van der Waals surface area contributed by atoms with Gasteiger partial charge in [0.1, 0.15) is 11.6 Å². The average molecular weight is 769 g/mol. The second-order valence-corrected chi connectivity index (χ2v) is 17.4. The van der Waals surface area contributed by atoms with Gasteiger partial charge in [0.05, 0.1) is 28.1 Å². The lowest BCUT2D eigenvalue weighted by molar-refractivity contribution is 0.477. The second-order valence-electron chi connectivity index (χ2n) is 17.4. The largest absolute Gasteiger partial charge is 0.507 e. The number of phenolic OH excluding ortho intramolecular Hbond substituents is 1. The molecule has 0 saturated carbocycles. The first-order valence-corrected chi connectivity index (χ1v) is 20.3. The molecule has 9 aromatic rings. The molecule has 3 heterocycles. The number of aromatic hydroxyl groups is 1. The van der Waals surface area contributed by atoms with E-state index in [1.807, 2.05) is 36.5 Å². The van der Waals surface area contributed by atoms with Crippen molar-refractivity contribution in [3.05, 3.63) is 187 Å². The van der Waals surface area contributed by atoms with Gasteiger partial charge < -0.3 is 9.67 Å². The zero-order chi connectivity index (χ0) is 40.9. The molecule has 59 heavy (non-hydrogen) atoms. The monoisotopic (exact) mass is 768 g/mol. The van der Waals surface area contributed by atoms with Crippen molar-refractivity contribution in [3.63, 3.8) is 0 Å². The summed E-state index contributed by atoms with van der Waals surface area (Å²) in [6, 6.07) is 59.0. The number of anilines is 3. The van der Waals surface area contributed by atoms with Gasteiger partial charge in [-0.05, 0) is 112 Å². The van der Waals surface area contributed by atoms with Gasteiger partial charge in [-0.3, -0.25) is 4.90 Å². The molecule has 5 heteroatoms. The first kappa shape index (κ1) is 37.6. The summed E-state index contributed by atoms with van der Waals surface area (Å²) in [5.41, 5.74) is 13.1. The summed E-state index contributed by atoms with van der Waals surface area (Å²) in [5.74, 6) is 0.999. The molecule has 1 N–H and O–H groups in total. The van der Waals surface area contributed by atoms with Crippen LogP contribution in [-0.4, -0.2) is 19.6 Å². The highest BCUT2D eigenvalue weighted by molar-refractivity contribution is 6.16. The third-order valence-electron chi connectivity index (χ3n) is 11.2. The van der Waals surface area contributed by atoms with Gasteiger partial charge in [-0.25, -0.2) is 9.97 Å². The predicted molar refractivity (Wildman–Crippen MR) is 246 cm³/mol. The summed E-state index contributed by atoms with van der Waals surface area (Å²) >= 11 is 0. The first-order valence-electron chi connectivity index (χ1n) is 20.3. The maximum Gasteiger partial charge on any atom is 0.137 e. The Labute approximate surface area is 346 Å². The van der Waals surface area contributed by atoms with E-state index in [1.165, 1.54) is 11.1 Å². The van der Waals surface area contributed by atoms with Crippen molar-refractivity contribution in [1.82, 2.24) is 14.5 Å². The number of aromatic nitrogens is 3. The van der Waals surface area contributed by atoms with Crippen LogP contribution in [0, 0.1) is 0 Å². The van der Waals surface area contributed by atoms with E-state index in [-0.39, 0.29) is 16.6 Å². The van der Waals surface area contributed by atoms with Gasteiger partial charge in [0, 0.05) is 39.5 Å². The van der Waals surface area contributed by atoms with Gasteiger partial charge in [-0.2, -0.15) is 0 Å². The fraction of sp³-hybridized carbons (Fsp3) is 0.148. The summed E-state index contributed by atoms with van der Waals surface area (Å²) < 4.78 is 2.34. The molecule has 6 aromatic carbocycles. The highest BCUT2D eigenvalue weighted by atomic mass is 16.3. The van der Waals surface area contributed by atoms with Crippen LogP contribution in [0.2, 0.25) is 0 Å². The second kappa shape index (κ2) is 14.8. The van der Waals surface area contributed by atoms with Gasteiger partial charge in [0.25, 0.3) is 0 Å². The van der Waals surface area contributed by atoms with Crippen LogP contribution < -0.4 is 4.90 Å². The number of pyridine rings is 2. The summed E-state index contributed by atoms with van der Waals surface area (Å²) in [6.07, 6.45) is 1.85. The third kappa shape index (κ3) is 7.14. The Morgan fingerprint density at radius 3 is 1.90 bits per heavy atom. The van der Waals surface area contributed by atoms with Crippen LogP contribution in [0.25, 0.3) is 61.1 Å². The predicted octanol–water partition coefficient (Wildman–Crippen LogP) is 14.3. The molecule has 0 bridgehead atoms. The lowest BCUT2D eigenvalue weighted by Gasteiger charge is -2.26. The maximum atomic E-state index is 11.1. The molecule has 0 radical (unpaired) electrons. The van der Waals surface area contributed by atoms with E-state index in [9.17, 15) is 5.11 Å². The van der Waals surface area contributed by atoms with E-state index in [2.05, 4.69) is 184 Å². The quantitative estimate of drug-likeness (QED) is 0.175. The molecule has 0 unspecified atom stereocenters. The average Bonchev–Trinajstić information content (AvgIpc) is 3.59. The maximum absolute atomic E-state index is 11.1. The van der Waals surface area contributed by atoms with Crippen LogP contribution in [0.5, 0.6) is 5.75 Å². The molecule has 0 aliphatic rings. The van der Waals surface area contributed by atoms with E-state index >= 15 is 0 Å². The van der Waals surface area contributed by atoms with Gasteiger partial charge in [0.15, 0.2) is 0 Å². The van der Waals surface area contributed by atoms with Crippen molar-refractivity contribution in [1.29, 1.82) is 0 Å². The van der Waals surface area contributed by atoms with Crippen molar-refractivity contribution in [3.8, 4) is 45.1 Å². The number of nitrogens with zero attached hydrogens (tertiary/aromatic N) is 4. The molecule has 0 atom stereocenters. The van der Waals surface area contributed by atoms with Crippen LogP contribution in [0.4, 0.5) is 17.2 Å².